The number of anilines is 1. The number of carbonyl (C=O) groups is 1. The molecule has 1 aliphatic heterocycles. The van der Waals surface area contributed by atoms with Gasteiger partial charge in [0, 0.05) is 37.9 Å². The first-order valence-electron chi connectivity index (χ1n) is 7.36. The Bertz CT molecular complexity index is 529. The minimum Gasteiger partial charge on any atom is -0.465 e. The average molecular weight is 332 g/mol. The molecule has 128 valence electrons. The Balaban J connectivity index is 1.90. The van der Waals surface area contributed by atoms with Crippen LogP contribution in [0.3, 0.4) is 0 Å². The van der Waals surface area contributed by atoms with Crippen molar-refractivity contribution in [3.05, 3.63) is 24.3 Å². The Morgan fingerprint density at radius 1 is 1.22 bits per heavy atom. The largest absolute Gasteiger partial charge is 0.573 e. The van der Waals surface area contributed by atoms with Crippen LogP contribution in [0.5, 0.6) is 5.75 Å². The summed E-state index contributed by atoms with van der Waals surface area (Å²) in [5.74, 6) is -0.495. The third-order valence-corrected chi connectivity index (χ3v) is 3.45. The lowest BCUT2D eigenvalue weighted by Crippen LogP contribution is -2.48. The molecule has 1 fully saturated rings. The number of nitrogens with zero attached hydrogens (tertiary/aromatic N) is 2. The van der Waals surface area contributed by atoms with Crippen LogP contribution in [0.2, 0.25) is 0 Å². The van der Waals surface area contributed by atoms with Crippen LogP contribution >= 0.6 is 0 Å². The first kappa shape index (κ1) is 17.4. The molecule has 0 radical (unpaired) electrons. The summed E-state index contributed by atoms with van der Waals surface area (Å²) in [6, 6.07) is 5.91. The fourth-order valence-electron chi connectivity index (χ4n) is 2.43. The summed E-state index contributed by atoms with van der Waals surface area (Å²) < 4.78 is 45.6. The van der Waals surface area contributed by atoms with Crippen molar-refractivity contribution in [2.24, 2.45) is 0 Å². The molecule has 1 aromatic carbocycles. The minimum atomic E-state index is -4.70. The zero-order chi connectivity index (χ0) is 16.9. The number of benzene rings is 1. The van der Waals surface area contributed by atoms with Gasteiger partial charge >= 0.3 is 12.3 Å². The van der Waals surface area contributed by atoms with E-state index in [1.807, 2.05) is 9.80 Å². The second kappa shape index (κ2) is 7.54. The van der Waals surface area contributed by atoms with E-state index in [0.29, 0.717) is 38.5 Å². The fraction of sp³-hybridized carbons (Fsp3) is 0.533. The monoisotopic (exact) mass is 332 g/mol. The average Bonchev–Trinajstić information content (AvgIpc) is 2.47. The number of hydrogen-bond donors (Lipinski definition) is 0. The molecule has 0 aliphatic carbocycles. The van der Waals surface area contributed by atoms with Gasteiger partial charge in [-0.3, -0.25) is 9.69 Å². The van der Waals surface area contributed by atoms with E-state index in [1.54, 1.807) is 13.0 Å². The minimum absolute atomic E-state index is 0.232. The SMILES string of the molecule is CCOC(=O)CN1CCN(c2cccc(OC(F)(F)F)c2)CC1. The molecule has 0 bridgehead atoms. The highest BCUT2D eigenvalue weighted by molar-refractivity contribution is 5.71. The van der Waals surface area contributed by atoms with Crippen LogP contribution in [-0.4, -0.2) is 56.6 Å². The normalized spacial score (nSPS) is 16.3. The van der Waals surface area contributed by atoms with Gasteiger partial charge in [0.1, 0.15) is 5.75 Å². The van der Waals surface area contributed by atoms with Crippen molar-refractivity contribution in [2.45, 2.75) is 13.3 Å². The van der Waals surface area contributed by atoms with Crippen LogP contribution in [0.25, 0.3) is 0 Å². The Labute approximate surface area is 132 Å². The van der Waals surface area contributed by atoms with Crippen molar-refractivity contribution in [3.63, 3.8) is 0 Å². The Morgan fingerprint density at radius 2 is 1.91 bits per heavy atom. The van der Waals surface area contributed by atoms with E-state index in [1.165, 1.54) is 18.2 Å². The van der Waals surface area contributed by atoms with Crippen LogP contribution in [0.1, 0.15) is 6.92 Å². The van der Waals surface area contributed by atoms with Crippen LogP contribution in [0, 0.1) is 0 Å². The van der Waals surface area contributed by atoms with E-state index in [0.717, 1.165) is 0 Å². The third-order valence-electron chi connectivity index (χ3n) is 3.45. The molecule has 0 unspecified atom stereocenters. The van der Waals surface area contributed by atoms with Crippen molar-refractivity contribution in [1.82, 2.24) is 4.90 Å². The molecule has 1 saturated heterocycles. The number of alkyl halides is 3. The molecule has 1 heterocycles. The zero-order valence-corrected chi connectivity index (χ0v) is 12.8. The highest BCUT2D eigenvalue weighted by Gasteiger charge is 2.31. The number of carbonyl (C=O) groups excluding carboxylic acids is 1. The summed E-state index contributed by atoms with van der Waals surface area (Å²) in [7, 11) is 0. The molecule has 0 amide bonds. The molecule has 0 N–H and O–H groups in total. The number of piperazine rings is 1. The number of halogens is 3. The number of ether oxygens (including phenoxy) is 2. The summed E-state index contributed by atoms with van der Waals surface area (Å²) in [6.45, 7) is 4.87. The van der Waals surface area contributed by atoms with Crippen molar-refractivity contribution < 1.29 is 27.4 Å². The van der Waals surface area contributed by atoms with Gasteiger partial charge in [0.15, 0.2) is 0 Å². The summed E-state index contributed by atoms with van der Waals surface area (Å²) >= 11 is 0. The van der Waals surface area contributed by atoms with Gasteiger partial charge in [-0.05, 0) is 19.1 Å². The van der Waals surface area contributed by atoms with Crippen LogP contribution in [0.4, 0.5) is 18.9 Å². The van der Waals surface area contributed by atoms with Gasteiger partial charge in [-0.1, -0.05) is 6.07 Å². The number of esters is 1. The molecule has 1 aromatic rings. The molecule has 5 nitrogen and oxygen atoms in total. The molecule has 23 heavy (non-hydrogen) atoms. The second-order valence-corrected chi connectivity index (χ2v) is 5.11. The lowest BCUT2D eigenvalue weighted by atomic mass is 10.2. The topological polar surface area (TPSA) is 42.0 Å². The lowest BCUT2D eigenvalue weighted by molar-refractivity contribution is -0.274. The fourth-order valence-corrected chi connectivity index (χ4v) is 2.43. The summed E-state index contributed by atoms with van der Waals surface area (Å²) in [6.07, 6.45) is -4.70. The molecule has 0 atom stereocenters. The first-order valence-corrected chi connectivity index (χ1v) is 7.36. The van der Waals surface area contributed by atoms with Crippen molar-refractivity contribution >= 4 is 11.7 Å². The van der Waals surface area contributed by atoms with Crippen molar-refractivity contribution in [1.29, 1.82) is 0 Å². The van der Waals surface area contributed by atoms with Crippen molar-refractivity contribution in [3.8, 4) is 5.75 Å². The zero-order valence-electron chi connectivity index (χ0n) is 12.8. The standard InChI is InChI=1S/C15H19F3N2O3/c1-2-22-14(21)11-19-6-8-20(9-7-19)12-4-3-5-13(10-12)23-15(16,17)18/h3-5,10H,2,6-9,11H2,1H3. The lowest BCUT2D eigenvalue weighted by Gasteiger charge is -2.35. The maximum absolute atomic E-state index is 12.3. The summed E-state index contributed by atoms with van der Waals surface area (Å²) in [4.78, 5) is 15.4. The van der Waals surface area contributed by atoms with E-state index >= 15 is 0 Å². The molecule has 1 aliphatic rings. The molecular formula is C15H19F3N2O3. The van der Waals surface area contributed by atoms with Gasteiger partial charge in [0.05, 0.1) is 13.2 Å². The van der Waals surface area contributed by atoms with Gasteiger partial charge in [0.25, 0.3) is 0 Å². The molecule has 0 aromatic heterocycles. The van der Waals surface area contributed by atoms with E-state index in [2.05, 4.69) is 4.74 Å². The van der Waals surface area contributed by atoms with E-state index in [9.17, 15) is 18.0 Å². The molecule has 2 rings (SSSR count). The smallest absolute Gasteiger partial charge is 0.465 e. The Kier molecular flexibility index (Phi) is 5.70. The predicted octanol–water partition coefficient (Wildman–Crippen LogP) is 2.27. The Hall–Kier alpha value is -1.96. The molecular weight excluding hydrogens is 313 g/mol. The molecule has 0 spiro atoms. The van der Waals surface area contributed by atoms with E-state index < -0.39 is 6.36 Å². The summed E-state index contributed by atoms with van der Waals surface area (Å²) in [5, 5.41) is 0. The van der Waals surface area contributed by atoms with Gasteiger partial charge in [-0.15, -0.1) is 13.2 Å². The molecule has 8 heteroatoms. The van der Waals surface area contributed by atoms with Gasteiger partial charge in [-0.25, -0.2) is 0 Å². The van der Waals surface area contributed by atoms with Crippen LogP contribution in [-0.2, 0) is 9.53 Å². The van der Waals surface area contributed by atoms with Crippen LogP contribution < -0.4 is 9.64 Å². The highest BCUT2D eigenvalue weighted by Crippen LogP contribution is 2.27. The second-order valence-electron chi connectivity index (χ2n) is 5.11. The maximum atomic E-state index is 12.3. The molecule has 0 saturated carbocycles. The van der Waals surface area contributed by atoms with Gasteiger partial charge in [-0.2, -0.15) is 0 Å². The van der Waals surface area contributed by atoms with Crippen LogP contribution in [0.15, 0.2) is 24.3 Å². The summed E-state index contributed by atoms with van der Waals surface area (Å²) in [5.41, 5.74) is 0.669. The van der Waals surface area contributed by atoms with Gasteiger partial charge in [0.2, 0.25) is 0 Å². The number of hydrogen-bond acceptors (Lipinski definition) is 5. The van der Waals surface area contributed by atoms with E-state index in [4.69, 9.17) is 4.74 Å². The maximum Gasteiger partial charge on any atom is 0.573 e. The predicted molar refractivity (Wildman–Crippen MR) is 78.4 cm³/mol. The van der Waals surface area contributed by atoms with E-state index in [-0.39, 0.29) is 18.3 Å². The first-order chi connectivity index (χ1) is 10.9. The van der Waals surface area contributed by atoms with Gasteiger partial charge < -0.3 is 14.4 Å². The highest BCUT2D eigenvalue weighted by atomic mass is 19.4. The Morgan fingerprint density at radius 3 is 2.52 bits per heavy atom. The third kappa shape index (κ3) is 5.63. The number of rotatable bonds is 5. The quantitative estimate of drug-likeness (QED) is 0.774. The van der Waals surface area contributed by atoms with Crippen molar-refractivity contribution in [2.75, 3.05) is 44.2 Å².